The van der Waals surface area contributed by atoms with Crippen LogP contribution >= 0.6 is 0 Å². The van der Waals surface area contributed by atoms with Crippen molar-refractivity contribution >= 4 is 5.91 Å². The van der Waals surface area contributed by atoms with E-state index in [2.05, 4.69) is 6.92 Å². The smallest absolute Gasteiger partial charge is 0.251 e. The fourth-order valence-electron chi connectivity index (χ4n) is 2.34. The van der Waals surface area contributed by atoms with Gasteiger partial charge in [-0.05, 0) is 33.1 Å². The number of unbranched alkanes of at least 4 members (excludes halogenated alkanes) is 1. The molecule has 0 aromatic carbocycles. The van der Waals surface area contributed by atoms with E-state index in [0.29, 0.717) is 13.2 Å². The first-order valence-corrected chi connectivity index (χ1v) is 7.14. The number of hydrogen-bond acceptors (Lipinski definition) is 3. The fraction of sp³-hybridized carbons (Fsp3) is 0.929. The number of amides is 1. The lowest BCUT2D eigenvalue weighted by Gasteiger charge is -2.35. The van der Waals surface area contributed by atoms with Crippen molar-refractivity contribution < 1.29 is 14.6 Å². The molecule has 1 rings (SSSR count). The predicted octanol–water partition coefficient (Wildman–Crippen LogP) is 1.81. The van der Waals surface area contributed by atoms with Gasteiger partial charge in [0.2, 0.25) is 0 Å². The third-order valence-corrected chi connectivity index (χ3v) is 3.67. The molecule has 3 unspecified atom stereocenters. The van der Waals surface area contributed by atoms with Crippen LogP contribution in [0.2, 0.25) is 0 Å². The zero-order chi connectivity index (χ0) is 13.5. The summed E-state index contributed by atoms with van der Waals surface area (Å²) in [6.07, 6.45) is 3.36. The maximum atomic E-state index is 12.2. The Bertz CT molecular complexity index is 255. The van der Waals surface area contributed by atoms with Crippen molar-refractivity contribution in [3.63, 3.8) is 0 Å². The first-order valence-electron chi connectivity index (χ1n) is 7.14. The Labute approximate surface area is 110 Å². The van der Waals surface area contributed by atoms with Crippen molar-refractivity contribution in [3.8, 4) is 0 Å². The van der Waals surface area contributed by atoms with Gasteiger partial charge in [-0.2, -0.15) is 0 Å². The molecule has 1 saturated heterocycles. The van der Waals surface area contributed by atoms with E-state index in [0.717, 1.165) is 32.2 Å². The molecular formula is C14H27NO3. The summed E-state index contributed by atoms with van der Waals surface area (Å²) in [5, 5.41) is 9.62. The number of aliphatic hydroxyl groups is 1. The lowest BCUT2D eigenvalue weighted by molar-refractivity contribution is -0.145. The lowest BCUT2D eigenvalue weighted by atomic mass is 9.93. The molecule has 0 aromatic heterocycles. The molecule has 1 heterocycles. The largest absolute Gasteiger partial charge is 0.393 e. The fourth-order valence-corrected chi connectivity index (χ4v) is 2.34. The molecule has 4 heteroatoms. The molecule has 106 valence electrons. The Morgan fingerprint density at radius 3 is 2.83 bits per heavy atom. The molecule has 0 bridgehead atoms. The van der Waals surface area contributed by atoms with Crippen molar-refractivity contribution in [1.29, 1.82) is 0 Å². The number of ether oxygens (including phenoxy) is 1. The van der Waals surface area contributed by atoms with Gasteiger partial charge >= 0.3 is 0 Å². The summed E-state index contributed by atoms with van der Waals surface area (Å²) in [7, 11) is 0. The number of nitrogens with zero attached hydrogens (tertiary/aromatic N) is 1. The van der Waals surface area contributed by atoms with Crippen LogP contribution in [0.1, 0.15) is 46.5 Å². The molecule has 4 nitrogen and oxygen atoms in total. The van der Waals surface area contributed by atoms with Gasteiger partial charge in [-0.15, -0.1) is 0 Å². The minimum Gasteiger partial charge on any atom is -0.393 e. The second kappa shape index (κ2) is 7.74. The van der Waals surface area contributed by atoms with E-state index in [9.17, 15) is 9.90 Å². The van der Waals surface area contributed by atoms with Crippen LogP contribution in [-0.4, -0.2) is 47.8 Å². The zero-order valence-electron chi connectivity index (χ0n) is 11.9. The molecule has 18 heavy (non-hydrogen) atoms. The Morgan fingerprint density at radius 2 is 2.22 bits per heavy atom. The van der Waals surface area contributed by atoms with E-state index in [4.69, 9.17) is 4.74 Å². The van der Waals surface area contributed by atoms with Crippen LogP contribution in [0, 0.1) is 5.92 Å². The summed E-state index contributed by atoms with van der Waals surface area (Å²) in [4.78, 5) is 14.0. The average molecular weight is 257 g/mol. The van der Waals surface area contributed by atoms with Gasteiger partial charge in [0, 0.05) is 25.6 Å². The molecule has 1 aliphatic heterocycles. The second-order valence-electron chi connectivity index (χ2n) is 5.29. The van der Waals surface area contributed by atoms with Crippen LogP contribution in [0.4, 0.5) is 0 Å². The molecule has 1 N–H and O–H groups in total. The molecule has 1 fully saturated rings. The van der Waals surface area contributed by atoms with Crippen molar-refractivity contribution in [2.24, 2.45) is 5.92 Å². The van der Waals surface area contributed by atoms with Crippen LogP contribution in [0.3, 0.4) is 0 Å². The Morgan fingerprint density at radius 1 is 1.50 bits per heavy atom. The highest BCUT2D eigenvalue weighted by Crippen LogP contribution is 2.20. The molecular weight excluding hydrogens is 230 g/mol. The molecule has 0 saturated carbocycles. The molecule has 1 amide bonds. The van der Waals surface area contributed by atoms with E-state index in [-0.39, 0.29) is 24.0 Å². The van der Waals surface area contributed by atoms with E-state index in [1.54, 1.807) is 6.92 Å². The topological polar surface area (TPSA) is 49.8 Å². The molecule has 0 aromatic rings. The number of carbonyl (C=O) groups is 1. The second-order valence-corrected chi connectivity index (χ2v) is 5.29. The maximum absolute atomic E-state index is 12.2. The van der Waals surface area contributed by atoms with Gasteiger partial charge < -0.3 is 14.7 Å². The minimum absolute atomic E-state index is 0.0662. The summed E-state index contributed by atoms with van der Waals surface area (Å²) < 4.78 is 5.54. The summed E-state index contributed by atoms with van der Waals surface area (Å²) in [6, 6.07) is 0. The predicted molar refractivity (Wildman–Crippen MR) is 71.3 cm³/mol. The molecule has 3 atom stereocenters. The molecule has 0 aliphatic carbocycles. The van der Waals surface area contributed by atoms with Gasteiger partial charge in [0.15, 0.2) is 0 Å². The summed E-state index contributed by atoms with van der Waals surface area (Å²) in [5.41, 5.74) is 0. The third-order valence-electron chi connectivity index (χ3n) is 3.67. The van der Waals surface area contributed by atoms with Crippen LogP contribution in [0.25, 0.3) is 0 Å². The summed E-state index contributed by atoms with van der Waals surface area (Å²) in [5.74, 6) is 0.280. The third kappa shape index (κ3) is 4.58. The van der Waals surface area contributed by atoms with Crippen LogP contribution in [0.5, 0.6) is 0 Å². The number of carbonyl (C=O) groups excluding carboxylic acids is 1. The van der Waals surface area contributed by atoms with E-state index < -0.39 is 0 Å². The number of likely N-dealkylation sites (tertiary alicyclic amines) is 1. The number of rotatable bonds is 6. The normalized spacial score (nSPS) is 23.8. The van der Waals surface area contributed by atoms with Crippen LogP contribution in [0.15, 0.2) is 0 Å². The van der Waals surface area contributed by atoms with Gasteiger partial charge in [-0.3, -0.25) is 4.79 Å². The summed E-state index contributed by atoms with van der Waals surface area (Å²) in [6.45, 7) is 7.84. The van der Waals surface area contributed by atoms with Gasteiger partial charge in [0.1, 0.15) is 6.10 Å². The van der Waals surface area contributed by atoms with Crippen molar-refractivity contribution in [2.45, 2.75) is 58.7 Å². The maximum Gasteiger partial charge on any atom is 0.251 e. The molecule has 0 radical (unpaired) electrons. The van der Waals surface area contributed by atoms with Gasteiger partial charge in [-0.25, -0.2) is 0 Å². The highest BCUT2D eigenvalue weighted by molar-refractivity contribution is 5.80. The summed E-state index contributed by atoms with van der Waals surface area (Å²) >= 11 is 0. The molecule has 0 spiro atoms. The quantitative estimate of drug-likeness (QED) is 0.738. The first-order chi connectivity index (χ1) is 8.56. The minimum atomic E-state index is -0.357. The van der Waals surface area contributed by atoms with Crippen molar-refractivity contribution in [1.82, 2.24) is 4.90 Å². The van der Waals surface area contributed by atoms with Crippen molar-refractivity contribution in [2.75, 3.05) is 19.7 Å². The molecule has 1 aliphatic rings. The highest BCUT2D eigenvalue weighted by Gasteiger charge is 2.28. The SMILES string of the molecule is CCCCOC(C)C(=O)N1CCCC(C(C)O)C1. The first kappa shape index (κ1) is 15.4. The van der Waals surface area contributed by atoms with E-state index in [1.807, 2.05) is 11.8 Å². The number of piperidine rings is 1. The number of aliphatic hydroxyl groups excluding tert-OH is 1. The van der Waals surface area contributed by atoms with Gasteiger partial charge in [-0.1, -0.05) is 13.3 Å². The monoisotopic (exact) mass is 257 g/mol. The highest BCUT2D eigenvalue weighted by atomic mass is 16.5. The van der Waals surface area contributed by atoms with Crippen LogP contribution in [-0.2, 0) is 9.53 Å². The van der Waals surface area contributed by atoms with Crippen LogP contribution < -0.4 is 0 Å². The van der Waals surface area contributed by atoms with E-state index in [1.165, 1.54) is 0 Å². The Balaban J connectivity index is 2.40. The van der Waals surface area contributed by atoms with Gasteiger partial charge in [0.05, 0.1) is 6.10 Å². The Kier molecular flexibility index (Phi) is 6.65. The number of hydrogen-bond donors (Lipinski definition) is 1. The lowest BCUT2D eigenvalue weighted by Crippen LogP contribution is -2.47. The standard InChI is InChI=1S/C14H27NO3/c1-4-5-9-18-12(3)14(17)15-8-6-7-13(10-15)11(2)16/h11-13,16H,4-10H2,1-3H3. The average Bonchev–Trinajstić information content (AvgIpc) is 2.38. The van der Waals surface area contributed by atoms with Crippen molar-refractivity contribution in [3.05, 3.63) is 0 Å². The Hall–Kier alpha value is -0.610. The zero-order valence-corrected chi connectivity index (χ0v) is 11.9. The van der Waals surface area contributed by atoms with Gasteiger partial charge in [0.25, 0.3) is 5.91 Å². The van der Waals surface area contributed by atoms with E-state index >= 15 is 0 Å².